The van der Waals surface area contributed by atoms with Crippen molar-refractivity contribution in [2.24, 2.45) is 0 Å². The number of carbonyl (C=O) groups is 1. The van der Waals surface area contributed by atoms with Gasteiger partial charge in [-0.25, -0.2) is 0 Å². The summed E-state index contributed by atoms with van der Waals surface area (Å²) in [6.45, 7) is 0. The first-order valence-corrected chi connectivity index (χ1v) is 6.40. The molecule has 0 unspecified atom stereocenters. The van der Waals surface area contributed by atoms with E-state index >= 15 is 0 Å². The Bertz CT molecular complexity index is 802. The fraction of sp³-hybridized carbons (Fsp3) is 0.0625. The molecule has 0 bridgehead atoms. The van der Waals surface area contributed by atoms with Crippen LogP contribution in [0.2, 0.25) is 0 Å². The van der Waals surface area contributed by atoms with Gasteiger partial charge in [0, 0.05) is 17.1 Å². The van der Waals surface area contributed by atoms with Gasteiger partial charge in [0.15, 0.2) is 0 Å². The lowest BCUT2D eigenvalue weighted by Gasteiger charge is -2.08. The van der Waals surface area contributed by atoms with Crippen molar-refractivity contribution >= 4 is 23.0 Å². The second-order valence-corrected chi connectivity index (χ2v) is 4.47. The third-order valence-electron chi connectivity index (χ3n) is 3.22. The highest BCUT2D eigenvalue weighted by Gasteiger charge is 2.07. The second-order valence-electron chi connectivity index (χ2n) is 4.47. The van der Waals surface area contributed by atoms with Crippen LogP contribution in [-0.4, -0.2) is 23.5 Å². The van der Waals surface area contributed by atoms with E-state index in [0.717, 1.165) is 27.8 Å². The first-order valence-electron chi connectivity index (χ1n) is 6.40. The Labute approximate surface area is 121 Å². The summed E-state index contributed by atoms with van der Waals surface area (Å²) in [4.78, 5) is 19.1. The smallest absolute Gasteiger partial charge is 0.211 e. The summed E-state index contributed by atoms with van der Waals surface area (Å²) >= 11 is 0. The van der Waals surface area contributed by atoms with E-state index in [1.54, 1.807) is 25.7 Å². The number of benzene rings is 1. The minimum Gasteiger partial charge on any atom is -0.497 e. The number of carbonyl (C=O) groups excluding carboxylic acids is 1. The van der Waals surface area contributed by atoms with E-state index in [1.165, 1.54) is 0 Å². The predicted octanol–water partition coefficient (Wildman–Crippen LogP) is 2.87. The normalized spacial score (nSPS) is 10.3. The first-order chi connectivity index (χ1) is 10.3. The molecule has 0 fully saturated rings. The highest BCUT2D eigenvalue weighted by atomic mass is 16.5. The number of anilines is 1. The Balaban J connectivity index is 2.20. The van der Waals surface area contributed by atoms with E-state index in [9.17, 15) is 4.79 Å². The third-order valence-corrected chi connectivity index (χ3v) is 3.22. The van der Waals surface area contributed by atoms with Crippen LogP contribution in [0.1, 0.15) is 0 Å². The van der Waals surface area contributed by atoms with Crippen LogP contribution in [-0.2, 0) is 4.79 Å². The molecule has 0 aliphatic heterocycles. The van der Waals surface area contributed by atoms with Crippen molar-refractivity contribution in [2.75, 3.05) is 12.4 Å². The molecule has 3 rings (SSSR count). The lowest BCUT2D eigenvalue weighted by atomic mass is 10.0. The highest BCUT2D eigenvalue weighted by Crippen LogP contribution is 2.30. The Morgan fingerprint density at radius 1 is 1.19 bits per heavy atom. The molecule has 2 heterocycles. The Hall–Kier alpha value is -2.95. The van der Waals surface area contributed by atoms with Crippen molar-refractivity contribution in [3.05, 3.63) is 48.9 Å². The van der Waals surface area contributed by atoms with Gasteiger partial charge in [-0.2, -0.15) is 0 Å². The van der Waals surface area contributed by atoms with Crippen molar-refractivity contribution < 1.29 is 9.53 Å². The Morgan fingerprint density at radius 3 is 2.90 bits per heavy atom. The van der Waals surface area contributed by atoms with E-state index in [-0.39, 0.29) is 0 Å². The standard InChI is InChI=1S/C16H13N3O2/c1-21-13-4-2-3-11(5-13)15-8-17-9-16-14(15)6-12(7-18-16)19-10-20/h2-10H,1H3,(H,19,20). The van der Waals surface area contributed by atoms with Crippen LogP contribution in [0.3, 0.4) is 0 Å². The molecule has 1 amide bonds. The van der Waals surface area contributed by atoms with Gasteiger partial charge in [0.25, 0.3) is 0 Å². The second kappa shape index (κ2) is 5.58. The third kappa shape index (κ3) is 2.53. The molecule has 0 saturated carbocycles. The van der Waals surface area contributed by atoms with Crippen molar-refractivity contribution in [3.8, 4) is 16.9 Å². The molecule has 0 atom stereocenters. The number of pyridine rings is 2. The zero-order valence-electron chi connectivity index (χ0n) is 11.4. The summed E-state index contributed by atoms with van der Waals surface area (Å²) in [6.07, 6.45) is 5.72. The van der Waals surface area contributed by atoms with Crippen LogP contribution in [0.4, 0.5) is 5.69 Å². The highest BCUT2D eigenvalue weighted by molar-refractivity contribution is 5.96. The number of amides is 1. The maximum atomic E-state index is 10.6. The number of nitrogens with one attached hydrogen (secondary N) is 1. The molecular weight excluding hydrogens is 266 g/mol. The van der Waals surface area contributed by atoms with Crippen molar-refractivity contribution in [1.82, 2.24) is 9.97 Å². The van der Waals surface area contributed by atoms with Gasteiger partial charge < -0.3 is 10.1 Å². The predicted molar refractivity (Wildman–Crippen MR) is 81.2 cm³/mol. The number of aromatic nitrogens is 2. The summed E-state index contributed by atoms with van der Waals surface area (Å²) < 4.78 is 5.26. The first kappa shape index (κ1) is 13.1. The lowest BCUT2D eigenvalue weighted by molar-refractivity contribution is -0.105. The molecule has 1 aromatic carbocycles. The molecule has 5 heteroatoms. The van der Waals surface area contributed by atoms with E-state index in [0.29, 0.717) is 12.1 Å². The molecule has 1 N–H and O–H groups in total. The average molecular weight is 279 g/mol. The van der Waals surface area contributed by atoms with Crippen molar-refractivity contribution in [1.29, 1.82) is 0 Å². The monoisotopic (exact) mass is 279 g/mol. The summed E-state index contributed by atoms with van der Waals surface area (Å²) in [6, 6.07) is 9.62. The van der Waals surface area contributed by atoms with Gasteiger partial charge in [0.2, 0.25) is 6.41 Å². The number of methoxy groups -OCH3 is 1. The molecule has 104 valence electrons. The van der Waals surface area contributed by atoms with Crippen LogP contribution < -0.4 is 10.1 Å². The SMILES string of the molecule is COc1cccc(-c2cncc3ncc(NC=O)cc23)c1. The molecular formula is C16H13N3O2. The number of rotatable bonds is 4. The summed E-state index contributed by atoms with van der Waals surface area (Å²) in [5, 5.41) is 3.53. The summed E-state index contributed by atoms with van der Waals surface area (Å²) in [7, 11) is 1.63. The van der Waals surface area contributed by atoms with Crippen molar-refractivity contribution in [2.45, 2.75) is 0 Å². The van der Waals surface area contributed by atoms with Gasteiger partial charge in [-0.3, -0.25) is 14.8 Å². The maximum absolute atomic E-state index is 10.6. The quantitative estimate of drug-likeness (QED) is 0.746. The van der Waals surface area contributed by atoms with Gasteiger partial charge in [0.1, 0.15) is 5.75 Å². The van der Waals surface area contributed by atoms with Gasteiger partial charge in [0.05, 0.1) is 30.7 Å². The molecule has 0 aliphatic carbocycles. The van der Waals surface area contributed by atoms with Gasteiger partial charge in [-0.1, -0.05) is 12.1 Å². The zero-order chi connectivity index (χ0) is 14.7. The fourth-order valence-corrected chi connectivity index (χ4v) is 2.21. The molecule has 0 radical (unpaired) electrons. The molecule has 21 heavy (non-hydrogen) atoms. The van der Waals surface area contributed by atoms with Crippen LogP contribution in [0.25, 0.3) is 22.0 Å². The number of fused-ring (bicyclic) bond motifs is 1. The van der Waals surface area contributed by atoms with Crippen LogP contribution in [0, 0.1) is 0 Å². The zero-order valence-corrected chi connectivity index (χ0v) is 11.4. The lowest BCUT2D eigenvalue weighted by Crippen LogP contribution is -1.95. The fourth-order valence-electron chi connectivity index (χ4n) is 2.21. The Morgan fingerprint density at radius 2 is 2.10 bits per heavy atom. The molecule has 5 nitrogen and oxygen atoms in total. The average Bonchev–Trinajstić information content (AvgIpc) is 2.54. The summed E-state index contributed by atoms with van der Waals surface area (Å²) in [5.74, 6) is 0.777. The topological polar surface area (TPSA) is 64.1 Å². The maximum Gasteiger partial charge on any atom is 0.211 e. The number of hydrogen-bond acceptors (Lipinski definition) is 4. The molecule has 0 spiro atoms. The largest absolute Gasteiger partial charge is 0.497 e. The minimum absolute atomic E-state index is 0.634. The number of hydrogen-bond donors (Lipinski definition) is 1. The van der Waals surface area contributed by atoms with Crippen LogP contribution >= 0.6 is 0 Å². The van der Waals surface area contributed by atoms with Gasteiger partial charge in [-0.05, 0) is 23.8 Å². The molecule has 2 aromatic heterocycles. The minimum atomic E-state index is 0.634. The van der Waals surface area contributed by atoms with Gasteiger partial charge in [-0.15, -0.1) is 0 Å². The van der Waals surface area contributed by atoms with Gasteiger partial charge >= 0.3 is 0 Å². The van der Waals surface area contributed by atoms with E-state index in [2.05, 4.69) is 15.3 Å². The number of nitrogens with zero attached hydrogens (tertiary/aromatic N) is 2. The molecule has 3 aromatic rings. The van der Waals surface area contributed by atoms with E-state index in [1.807, 2.05) is 30.3 Å². The Kier molecular flexibility index (Phi) is 3.47. The van der Waals surface area contributed by atoms with Crippen LogP contribution in [0.15, 0.2) is 48.9 Å². The molecule has 0 saturated heterocycles. The van der Waals surface area contributed by atoms with E-state index in [4.69, 9.17) is 4.74 Å². The van der Waals surface area contributed by atoms with Crippen molar-refractivity contribution in [3.63, 3.8) is 0 Å². The summed E-state index contributed by atoms with van der Waals surface area (Å²) in [5.41, 5.74) is 3.34. The van der Waals surface area contributed by atoms with Crippen LogP contribution in [0.5, 0.6) is 5.75 Å². The molecule has 0 aliphatic rings. The van der Waals surface area contributed by atoms with E-state index < -0.39 is 0 Å². The number of ether oxygens (including phenoxy) is 1.